The Morgan fingerprint density at radius 1 is 1.23 bits per heavy atom. The highest BCUT2D eigenvalue weighted by atomic mass is 14.9. The third-order valence-corrected chi connectivity index (χ3v) is 4.42. The van der Waals surface area contributed by atoms with Gasteiger partial charge in [0, 0.05) is 0 Å². The lowest BCUT2D eigenvalue weighted by atomic mass is 9.61. The molecule has 0 aromatic heterocycles. The summed E-state index contributed by atoms with van der Waals surface area (Å²) in [6.45, 7) is 7.41. The van der Waals surface area contributed by atoms with Gasteiger partial charge in [0.2, 0.25) is 0 Å². The molecule has 1 saturated heterocycles. The number of rotatable bonds is 0. The Balaban J connectivity index is 2.07. The van der Waals surface area contributed by atoms with Gasteiger partial charge in [-0.15, -0.1) is 0 Å². The van der Waals surface area contributed by atoms with E-state index in [4.69, 9.17) is 0 Å². The van der Waals surface area contributed by atoms with Crippen LogP contribution in [0.2, 0.25) is 0 Å². The largest absolute Gasteiger partial charge is 0.316 e. The van der Waals surface area contributed by atoms with Crippen molar-refractivity contribution in [3.05, 3.63) is 0 Å². The molecule has 1 saturated carbocycles. The van der Waals surface area contributed by atoms with Crippen molar-refractivity contribution >= 4 is 0 Å². The number of hydrogen-bond donors (Lipinski definition) is 1. The third kappa shape index (κ3) is 1.76. The van der Waals surface area contributed by atoms with Gasteiger partial charge in [0.25, 0.3) is 0 Å². The highest BCUT2D eigenvalue weighted by Crippen LogP contribution is 2.48. The fourth-order valence-electron chi connectivity index (χ4n) is 3.49. The lowest BCUT2D eigenvalue weighted by Crippen LogP contribution is -2.46. The van der Waals surface area contributed by atoms with Crippen LogP contribution in [0.1, 0.15) is 46.0 Å². The van der Waals surface area contributed by atoms with E-state index in [0.717, 1.165) is 17.3 Å². The Labute approximate surface area is 82.3 Å². The summed E-state index contributed by atoms with van der Waals surface area (Å²) >= 11 is 0. The summed E-state index contributed by atoms with van der Waals surface area (Å²) in [5.74, 6) is 1.89. The van der Waals surface area contributed by atoms with Crippen molar-refractivity contribution in [2.24, 2.45) is 17.3 Å². The van der Waals surface area contributed by atoms with Crippen molar-refractivity contribution in [2.75, 3.05) is 13.1 Å². The Bertz CT molecular complexity index is 174. The summed E-state index contributed by atoms with van der Waals surface area (Å²) in [4.78, 5) is 0. The van der Waals surface area contributed by atoms with Crippen molar-refractivity contribution in [3.8, 4) is 0 Å². The average Bonchev–Trinajstić information content (AvgIpc) is 2.11. The standard InChI is InChI=1S/C12H23N/c1-10-4-3-5-12(8-10)6-7-13-9-11(12)2/h10-11,13H,3-9H2,1-2H3. The second kappa shape index (κ2) is 3.61. The maximum Gasteiger partial charge on any atom is -0.00178 e. The molecule has 1 N–H and O–H groups in total. The first-order chi connectivity index (χ1) is 6.23. The zero-order valence-corrected chi connectivity index (χ0v) is 9.10. The molecule has 0 aromatic carbocycles. The summed E-state index contributed by atoms with van der Waals surface area (Å²) in [5, 5.41) is 3.52. The smallest absolute Gasteiger partial charge is 0.00178 e. The zero-order valence-electron chi connectivity index (χ0n) is 9.10. The lowest BCUT2D eigenvalue weighted by molar-refractivity contribution is 0.0465. The van der Waals surface area contributed by atoms with Crippen molar-refractivity contribution in [1.29, 1.82) is 0 Å². The molecule has 13 heavy (non-hydrogen) atoms. The minimum absolute atomic E-state index is 0.725. The molecule has 0 bridgehead atoms. The molecule has 2 fully saturated rings. The first-order valence-corrected chi connectivity index (χ1v) is 5.94. The van der Waals surface area contributed by atoms with Crippen LogP contribution in [-0.4, -0.2) is 13.1 Å². The minimum Gasteiger partial charge on any atom is -0.316 e. The molecule has 76 valence electrons. The van der Waals surface area contributed by atoms with E-state index in [-0.39, 0.29) is 0 Å². The van der Waals surface area contributed by atoms with Gasteiger partial charge in [0.1, 0.15) is 0 Å². The fourth-order valence-corrected chi connectivity index (χ4v) is 3.49. The van der Waals surface area contributed by atoms with E-state index < -0.39 is 0 Å². The van der Waals surface area contributed by atoms with Crippen LogP contribution in [0.3, 0.4) is 0 Å². The maximum absolute atomic E-state index is 3.52. The summed E-state index contributed by atoms with van der Waals surface area (Å²) in [5.41, 5.74) is 0.725. The van der Waals surface area contributed by atoms with Gasteiger partial charge in [-0.25, -0.2) is 0 Å². The topological polar surface area (TPSA) is 12.0 Å². The Morgan fingerprint density at radius 2 is 2.08 bits per heavy atom. The second-order valence-electron chi connectivity index (χ2n) is 5.42. The minimum atomic E-state index is 0.725. The molecule has 2 rings (SSSR count). The van der Waals surface area contributed by atoms with Crippen molar-refractivity contribution in [2.45, 2.75) is 46.0 Å². The third-order valence-electron chi connectivity index (χ3n) is 4.42. The molecule has 0 amide bonds. The predicted octanol–water partition coefficient (Wildman–Crippen LogP) is 2.81. The van der Waals surface area contributed by atoms with Crippen LogP contribution >= 0.6 is 0 Å². The second-order valence-corrected chi connectivity index (χ2v) is 5.42. The number of hydrogen-bond acceptors (Lipinski definition) is 1. The summed E-state index contributed by atoms with van der Waals surface area (Å²) in [7, 11) is 0. The molecule has 1 aliphatic carbocycles. The van der Waals surface area contributed by atoms with Gasteiger partial charge in [-0.1, -0.05) is 26.7 Å². The van der Waals surface area contributed by atoms with Crippen LogP contribution in [0.5, 0.6) is 0 Å². The van der Waals surface area contributed by atoms with E-state index in [1.165, 1.54) is 45.2 Å². The van der Waals surface area contributed by atoms with E-state index in [9.17, 15) is 0 Å². The van der Waals surface area contributed by atoms with Gasteiger partial charge in [-0.3, -0.25) is 0 Å². The van der Waals surface area contributed by atoms with E-state index in [2.05, 4.69) is 19.2 Å². The van der Waals surface area contributed by atoms with Gasteiger partial charge in [-0.2, -0.15) is 0 Å². The fraction of sp³-hybridized carbons (Fsp3) is 1.00. The Hall–Kier alpha value is -0.0400. The van der Waals surface area contributed by atoms with Crippen LogP contribution < -0.4 is 5.32 Å². The number of piperidine rings is 1. The SMILES string of the molecule is CC1CCCC2(CCNCC2C)C1. The monoisotopic (exact) mass is 181 g/mol. The van der Waals surface area contributed by atoms with Gasteiger partial charge in [-0.05, 0) is 49.6 Å². The molecule has 1 nitrogen and oxygen atoms in total. The lowest BCUT2D eigenvalue weighted by Gasteiger charge is -2.47. The quantitative estimate of drug-likeness (QED) is 0.606. The van der Waals surface area contributed by atoms with Crippen molar-refractivity contribution in [3.63, 3.8) is 0 Å². The predicted molar refractivity (Wildman–Crippen MR) is 56.7 cm³/mol. The highest BCUT2D eigenvalue weighted by Gasteiger charge is 2.40. The van der Waals surface area contributed by atoms with Crippen LogP contribution in [-0.2, 0) is 0 Å². The molecule has 3 atom stereocenters. The normalized spacial score (nSPS) is 46.6. The molecule has 2 aliphatic rings. The summed E-state index contributed by atoms with van der Waals surface area (Å²) < 4.78 is 0. The van der Waals surface area contributed by atoms with E-state index in [0.29, 0.717) is 0 Å². The molecule has 0 radical (unpaired) electrons. The van der Waals surface area contributed by atoms with Gasteiger partial charge < -0.3 is 5.32 Å². The molecule has 1 spiro atoms. The highest BCUT2D eigenvalue weighted by molar-refractivity contribution is 4.93. The van der Waals surface area contributed by atoms with E-state index in [1.807, 2.05) is 0 Å². The summed E-state index contributed by atoms with van der Waals surface area (Å²) in [6, 6.07) is 0. The first kappa shape index (κ1) is 9.51. The van der Waals surface area contributed by atoms with Crippen molar-refractivity contribution in [1.82, 2.24) is 5.32 Å². The van der Waals surface area contributed by atoms with Crippen molar-refractivity contribution < 1.29 is 0 Å². The van der Waals surface area contributed by atoms with E-state index >= 15 is 0 Å². The molecule has 3 unspecified atom stereocenters. The molecular weight excluding hydrogens is 158 g/mol. The molecule has 0 aromatic rings. The van der Waals surface area contributed by atoms with Crippen LogP contribution in [0, 0.1) is 17.3 Å². The van der Waals surface area contributed by atoms with Gasteiger partial charge >= 0.3 is 0 Å². The van der Waals surface area contributed by atoms with Gasteiger partial charge in [0.05, 0.1) is 0 Å². The summed E-state index contributed by atoms with van der Waals surface area (Å²) in [6.07, 6.45) is 7.38. The molecule has 1 aliphatic heterocycles. The van der Waals surface area contributed by atoms with Crippen LogP contribution in [0.25, 0.3) is 0 Å². The van der Waals surface area contributed by atoms with Gasteiger partial charge in [0.15, 0.2) is 0 Å². The molecule has 1 heteroatoms. The molecule has 1 heterocycles. The van der Waals surface area contributed by atoms with E-state index in [1.54, 1.807) is 0 Å². The Kier molecular flexibility index (Phi) is 2.64. The maximum atomic E-state index is 3.52. The first-order valence-electron chi connectivity index (χ1n) is 5.94. The zero-order chi connectivity index (χ0) is 9.31. The number of nitrogens with one attached hydrogen (secondary N) is 1. The van der Waals surface area contributed by atoms with Crippen LogP contribution in [0.4, 0.5) is 0 Å². The van der Waals surface area contributed by atoms with Crippen LogP contribution in [0.15, 0.2) is 0 Å². The molecular formula is C12H23N. The average molecular weight is 181 g/mol. The Morgan fingerprint density at radius 3 is 2.77 bits per heavy atom.